The van der Waals surface area contributed by atoms with E-state index < -0.39 is 0 Å². The Balaban J connectivity index is 2.84. The zero-order valence-electron chi connectivity index (χ0n) is 14.8. The molecule has 0 aromatic heterocycles. The Bertz CT molecular complexity index is 403. The lowest BCUT2D eigenvalue weighted by atomic mass is 9.69. The van der Waals surface area contributed by atoms with Gasteiger partial charge in [-0.3, -0.25) is 0 Å². The summed E-state index contributed by atoms with van der Waals surface area (Å²) in [5.74, 6) is 1.32. The lowest BCUT2D eigenvalue weighted by Gasteiger charge is -2.36. The summed E-state index contributed by atoms with van der Waals surface area (Å²) in [4.78, 5) is 0. The summed E-state index contributed by atoms with van der Waals surface area (Å²) in [6, 6.07) is 10.7. The van der Waals surface area contributed by atoms with Crippen LogP contribution in [0.5, 0.6) is 0 Å². The second-order valence-electron chi connectivity index (χ2n) is 7.35. The predicted octanol–water partition coefficient (Wildman–Crippen LogP) is 4.61. The molecule has 4 atom stereocenters. The number of rotatable bonds is 10. The Hall–Kier alpha value is -0.860. The lowest BCUT2D eigenvalue weighted by molar-refractivity contribution is 0.110. The van der Waals surface area contributed by atoms with Crippen LogP contribution in [-0.4, -0.2) is 23.4 Å². The van der Waals surface area contributed by atoms with Crippen molar-refractivity contribution in [3.8, 4) is 0 Å². The van der Waals surface area contributed by atoms with E-state index >= 15 is 0 Å². The van der Waals surface area contributed by atoms with Gasteiger partial charge in [-0.2, -0.15) is 0 Å². The van der Waals surface area contributed by atoms with Crippen LogP contribution in [0.3, 0.4) is 0 Å². The van der Waals surface area contributed by atoms with E-state index in [2.05, 4.69) is 58.0 Å². The van der Waals surface area contributed by atoms with Gasteiger partial charge in [0.05, 0.1) is 0 Å². The van der Waals surface area contributed by atoms with Gasteiger partial charge in [0.1, 0.15) is 0 Å². The molecule has 0 aliphatic carbocycles. The molecule has 1 rings (SSSR count). The molecule has 0 bridgehead atoms. The molecule has 2 heteroatoms. The third-order valence-electron chi connectivity index (χ3n) is 5.29. The molecule has 126 valence electrons. The second-order valence-corrected chi connectivity index (χ2v) is 7.35. The lowest BCUT2D eigenvalue weighted by Crippen LogP contribution is -2.27. The summed E-state index contributed by atoms with van der Waals surface area (Å²) in [6.45, 7) is 9.36. The van der Waals surface area contributed by atoms with Crippen molar-refractivity contribution in [3.63, 3.8) is 0 Å². The van der Waals surface area contributed by atoms with Crippen molar-refractivity contribution in [3.05, 3.63) is 35.9 Å². The standard InChI is InChI=1S/C20H34O2/c1-5-18(19-9-7-6-8-10-19)14-20(4,11-12-21)13-16(2)17(3)15-22/h6-10,16-18,21-22H,5,11-15H2,1-4H3. The molecule has 0 spiro atoms. The van der Waals surface area contributed by atoms with E-state index in [1.54, 1.807) is 0 Å². The van der Waals surface area contributed by atoms with Crippen LogP contribution in [-0.2, 0) is 0 Å². The predicted molar refractivity (Wildman–Crippen MR) is 93.9 cm³/mol. The topological polar surface area (TPSA) is 40.5 Å². The molecule has 1 aromatic carbocycles. The van der Waals surface area contributed by atoms with Gasteiger partial charge in [0.2, 0.25) is 0 Å². The van der Waals surface area contributed by atoms with Gasteiger partial charge in [-0.25, -0.2) is 0 Å². The van der Waals surface area contributed by atoms with Crippen LogP contribution in [0.25, 0.3) is 0 Å². The molecule has 0 saturated heterocycles. The molecule has 0 saturated carbocycles. The van der Waals surface area contributed by atoms with Crippen molar-refractivity contribution in [2.75, 3.05) is 13.2 Å². The fraction of sp³-hybridized carbons (Fsp3) is 0.700. The largest absolute Gasteiger partial charge is 0.396 e. The Kier molecular flexibility index (Phi) is 8.13. The summed E-state index contributed by atoms with van der Waals surface area (Å²) >= 11 is 0. The minimum absolute atomic E-state index is 0.119. The number of hydrogen-bond donors (Lipinski definition) is 2. The Morgan fingerprint density at radius 3 is 2.14 bits per heavy atom. The van der Waals surface area contributed by atoms with Gasteiger partial charge in [-0.15, -0.1) is 0 Å². The Labute approximate surface area is 136 Å². The number of aliphatic hydroxyl groups excluding tert-OH is 2. The molecule has 2 N–H and O–H groups in total. The van der Waals surface area contributed by atoms with Gasteiger partial charge in [-0.1, -0.05) is 58.0 Å². The first-order chi connectivity index (χ1) is 10.5. The highest BCUT2D eigenvalue weighted by molar-refractivity contribution is 5.19. The molecule has 22 heavy (non-hydrogen) atoms. The van der Waals surface area contributed by atoms with Gasteiger partial charge in [-0.05, 0) is 54.4 Å². The Morgan fingerprint density at radius 2 is 1.64 bits per heavy atom. The van der Waals surface area contributed by atoms with Crippen LogP contribution >= 0.6 is 0 Å². The summed E-state index contributed by atoms with van der Waals surface area (Å²) in [6.07, 6.45) is 4.10. The first-order valence-electron chi connectivity index (χ1n) is 8.72. The number of hydrogen-bond acceptors (Lipinski definition) is 2. The molecular weight excluding hydrogens is 272 g/mol. The molecule has 0 heterocycles. The van der Waals surface area contributed by atoms with E-state index in [0.717, 1.165) is 25.7 Å². The highest BCUT2D eigenvalue weighted by atomic mass is 16.3. The van der Waals surface area contributed by atoms with E-state index in [1.165, 1.54) is 5.56 Å². The van der Waals surface area contributed by atoms with Crippen LogP contribution in [0.4, 0.5) is 0 Å². The van der Waals surface area contributed by atoms with E-state index in [1.807, 2.05) is 0 Å². The maximum absolute atomic E-state index is 9.52. The minimum Gasteiger partial charge on any atom is -0.396 e. The summed E-state index contributed by atoms with van der Waals surface area (Å²) in [5.41, 5.74) is 1.52. The highest BCUT2D eigenvalue weighted by Gasteiger charge is 2.31. The maximum atomic E-state index is 9.52. The molecule has 4 unspecified atom stereocenters. The average molecular weight is 306 g/mol. The molecule has 0 aliphatic rings. The second kappa shape index (κ2) is 9.32. The first kappa shape index (κ1) is 19.2. The molecule has 0 radical (unpaired) electrons. The molecule has 0 aliphatic heterocycles. The van der Waals surface area contributed by atoms with E-state index in [0.29, 0.717) is 17.8 Å². The molecule has 2 nitrogen and oxygen atoms in total. The van der Waals surface area contributed by atoms with Gasteiger partial charge in [0.15, 0.2) is 0 Å². The summed E-state index contributed by atoms with van der Waals surface area (Å²) < 4.78 is 0. The third kappa shape index (κ3) is 5.73. The molecule has 1 aromatic rings. The van der Waals surface area contributed by atoms with Crippen molar-refractivity contribution in [2.24, 2.45) is 17.3 Å². The van der Waals surface area contributed by atoms with Crippen molar-refractivity contribution in [2.45, 2.75) is 59.3 Å². The maximum Gasteiger partial charge on any atom is 0.0459 e. The van der Waals surface area contributed by atoms with Gasteiger partial charge in [0.25, 0.3) is 0 Å². The van der Waals surface area contributed by atoms with Crippen LogP contribution in [0.15, 0.2) is 30.3 Å². The van der Waals surface area contributed by atoms with Gasteiger partial charge >= 0.3 is 0 Å². The number of aliphatic hydroxyl groups is 2. The van der Waals surface area contributed by atoms with Crippen molar-refractivity contribution < 1.29 is 10.2 Å². The number of benzene rings is 1. The zero-order chi connectivity index (χ0) is 16.6. The quantitative estimate of drug-likeness (QED) is 0.662. The van der Waals surface area contributed by atoms with Crippen molar-refractivity contribution >= 4 is 0 Å². The van der Waals surface area contributed by atoms with Gasteiger partial charge in [0, 0.05) is 13.2 Å². The fourth-order valence-electron chi connectivity index (χ4n) is 3.53. The monoisotopic (exact) mass is 306 g/mol. The van der Waals surface area contributed by atoms with Crippen LogP contribution in [0.1, 0.15) is 64.9 Å². The SMILES string of the molecule is CCC(CC(C)(CCO)CC(C)C(C)CO)c1ccccc1. The first-order valence-corrected chi connectivity index (χ1v) is 8.72. The van der Waals surface area contributed by atoms with Gasteiger partial charge < -0.3 is 10.2 Å². The van der Waals surface area contributed by atoms with Crippen molar-refractivity contribution in [1.29, 1.82) is 0 Å². The fourth-order valence-corrected chi connectivity index (χ4v) is 3.53. The average Bonchev–Trinajstić information content (AvgIpc) is 2.52. The Morgan fingerprint density at radius 1 is 1.00 bits per heavy atom. The van der Waals surface area contributed by atoms with E-state index in [4.69, 9.17) is 0 Å². The van der Waals surface area contributed by atoms with E-state index in [9.17, 15) is 10.2 Å². The molecule has 0 amide bonds. The highest BCUT2D eigenvalue weighted by Crippen LogP contribution is 2.42. The third-order valence-corrected chi connectivity index (χ3v) is 5.29. The van der Waals surface area contributed by atoms with Crippen molar-refractivity contribution in [1.82, 2.24) is 0 Å². The minimum atomic E-state index is 0.119. The van der Waals surface area contributed by atoms with E-state index in [-0.39, 0.29) is 18.6 Å². The van der Waals surface area contributed by atoms with Crippen LogP contribution in [0.2, 0.25) is 0 Å². The smallest absolute Gasteiger partial charge is 0.0459 e. The molecular formula is C20H34O2. The molecule has 0 fully saturated rings. The zero-order valence-corrected chi connectivity index (χ0v) is 14.8. The summed E-state index contributed by atoms with van der Waals surface area (Å²) in [7, 11) is 0. The van der Waals surface area contributed by atoms with Crippen LogP contribution in [0, 0.1) is 17.3 Å². The van der Waals surface area contributed by atoms with Crippen LogP contribution < -0.4 is 0 Å². The normalized spacial score (nSPS) is 18.5. The summed E-state index contributed by atoms with van der Waals surface area (Å²) in [5, 5.41) is 18.9.